The van der Waals surface area contributed by atoms with Crippen molar-refractivity contribution in [1.82, 2.24) is 10.3 Å². The van der Waals surface area contributed by atoms with Gasteiger partial charge in [-0.1, -0.05) is 0 Å². The summed E-state index contributed by atoms with van der Waals surface area (Å²) in [6, 6.07) is 3.44. The van der Waals surface area contributed by atoms with Crippen LogP contribution in [-0.4, -0.2) is 24.0 Å². The number of aromatic nitrogens is 1. The van der Waals surface area contributed by atoms with Crippen LogP contribution in [0.25, 0.3) is 0 Å². The zero-order valence-electron chi connectivity index (χ0n) is 8.50. The molecule has 0 saturated heterocycles. The average molecular weight is 193 g/mol. The Morgan fingerprint density at radius 2 is 2.21 bits per heavy atom. The van der Waals surface area contributed by atoms with Gasteiger partial charge in [0, 0.05) is 24.8 Å². The summed E-state index contributed by atoms with van der Waals surface area (Å²) in [5, 5.41) is 5.79. The topological polar surface area (TPSA) is 54.0 Å². The quantitative estimate of drug-likeness (QED) is 0.757. The zero-order chi connectivity index (χ0) is 10.4. The molecule has 0 fully saturated rings. The van der Waals surface area contributed by atoms with Gasteiger partial charge < -0.3 is 10.6 Å². The van der Waals surface area contributed by atoms with Crippen LogP contribution in [0.1, 0.15) is 24.2 Å². The third kappa shape index (κ3) is 2.73. The van der Waals surface area contributed by atoms with Gasteiger partial charge in [-0.25, -0.2) is 4.98 Å². The van der Waals surface area contributed by atoms with Crippen LogP contribution in [0.3, 0.4) is 0 Å². The van der Waals surface area contributed by atoms with Crippen LogP contribution >= 0.6 is 0 Å². The van der Waals surface area contributed by atoms with E-state index in [9.17, 15) is 4.79 Å². The normalized spacial score (nSPS) is 9.57. The summed E-state index contributed by atoms with van der Waals surface area (Å²) >= 11 is 0. The van der Waals surface area contributed by atoms with Crippen LogP contribution in [0, 0.1) is 0 Å². The minimum atomic E-state index is -0.0611. The van der Waals surface area contributed by atoms with Crippen molar-refractivity contribution in [2.75, 3.05) is 18.4 Å². The molecule has 1 aromatic rings. The molecule has 1 aromatic heterocycles. The van der Waals surface area contributed by atoms with E-state index >= 15 is 0 Å². The Kier molecular flexibility index (Phi) is 3.91. The predicted octanol–water partition coefficient (Wildman–Crippen LogP) is 1.26. The SMILES string of the molecule is CCNC(=O)c1ccnc(NCC)c1. The van der Waals surface area contributed by atoms with Gasteiger partial charge in [-0.2, -0.15) is 0 Å². The van der Waals surface area contributed by atoms with Crippen molar-refractivity contribution in [3.8, 4) is 0 Å². The molecule has 0 bridgehead atoms. The first-order chi connectivity index (χ1) is 6.77. The molecule has 0 unspecified atom stereocenters. The summed E-state index contributed by atoms with van der Waals surface area (Å²) in [5.74, 6) is 0.672. The molecule has 1 heterocycles. The van der Waals surface area contributed by atoms with Crippen molar-refractivity contribution in [3.05, 3.63) is 23.9 Å². The molecule has 4 nitrogen and oxygen atoms in total. The van der Waals surface area contributed by atoms with Crippen LogP contribution in [0.5, 0.6) is 0 Å². The van der Waals surface area contributed by atoms with E-state index < -0.39 is 0 Å². The second-order valence-corrected chi connectivity index (χ2v) is 2.82. The first kappa shape index (κ1) is 10.5. The highest BCUT2D eigenvalue weighted by atomic mass is 16.1. The zero-order valence-corrected chi connectivity index (χ0v) is 8.50. The molecule has 4 heteroatoms. The van der Waals surface area contributed by atoms with E-state index in [1.165, 1.54) is 0 Å². The Bertz CT molecular complexity index is 312. The van der Waals surface area contributed by atoms with Gasteiger partial charge in [-0.3, -0.25) is 4.79 Å². The first-order valence-corrected chi connectivity index (χ1v) is 4.76. The van der Waals surface area contributed by atoms with E-state index in [1.54, 1.807) is 18.3 Å². The number of anilines is 1. The summed E-state index contributed by atoms with van der Waals surface area (Å²) in [4.78, 5) is 15.5. The lowest BCUT2D eigenvalue weighted by Gasteiger charge is -2.05. The standard InChI is InChI=1S/C10H15N3O/c1-3-11-9-7-8(5-6-13-9)10(14)12-4-2/h5-7H,3-4H2,1-2H3,(H,11,13)(H,12,14). The van der Waals surface area contributed by atoms with Gasteiger partial charge in [0.2, 0.25) is 0 Å². The maximum Gasteiger partial charge on any atom is 0.251 e. The van der Waals surface area contributed by atoms with Gasteiger partial charge in [0.25, 0.3) is 5.91 Å². The maximum absolute atomic E-state index is 11.4. The highest BCUT2D eigenvalue weighted by Crippen LogP contribution is 2.05. The number of nitrogens with one attached hydrogen (secondary N) is 2. The number of pyridine rings is 1. The van der Waals surface area contributed by atoms with E-state index in [-0.39, 0.29) is 5.91 Å². The Morgan fingerprint density at radius 3 is 2.86 bits per heavy atom. The van der Waals surface area contributed by atoms with Crippen molar-refractivity contribution in [2.24, 2.45) is 0 Å². The molecule has 2 N–H and O–H groups in total. The Labute approximate surface area is 83.7 Å². The fourth-order valence-electron chi connectivity index (χ4n) is 1.11. The van der Waals surface area contributed by atoms with E-state index in [2.05, 4.69) is 15.6 Å². The number of amides is 1. The average Bonchev–Trinajstić information content (AvgIpc) is 2.19. The molecule has 0 saturated carbocycles. The Morgan fingerprint density at radius 1 is 1.43 bits per heavy atom. The summed E-state index contributed by atoms with van der Waals surface area (Å²) < 4.78 is 0. The fourth-order valence-corrected chi connectivity index (χ4v) is 1.11. The molecule has 0 aliphatic carbocycles. The molecule has 0 radical (unpaired) electrons. The molecule has 0 spiro atoms. The highest BCUT2D eigenvalue weighted by molar-refractivity contribution is 5.94. The number of carbonyl (C=O) groups excluding carboxylic acids is 1. The molecule has 0 atom stereocenters. The summed E-state index contributed by atoms with van der Waals surface area (Å²) in [6.07, 6.45) is 1.63. The lowest BCUT2D eigenvalue weighted by molar-refractivity contribution is 0.0956. The smallest absolute Gasteiger partial charge is 0.251 e. The molecule has 0 aromatic carbocycles. The largest absolute Gasteiger partial charge is 0.370 e. The van der Waals surface area contributed by atoms with Gasteiger partial charge in [0.05, 0.1) is 0 Å². The van der Waals surface area contributed by atoms with Crippen LogP contribution in [-0.2, 0) is 0 Å². The van der Waals surface area contributed by atoms with Crippen LogP contribution in [0.15, 0.2) is 18.3 Å². The van der Waals surface area contributed by atoms with Gasteiger partial charge in [0.1, 0.15) is 5.82 Å². The third-order valence-electron chi connectivity index (χ3n) is 1.72. The number of rotatable bonds is 4. The van der Waals surface area contributed by atoms with Crippen LogP contribution in [0.2, 0.25) is 0 Å². The summed E-state index contributed by atoms with van der Waals surface area (Å²) in [7, 11) is 0. The van der Waals surface area contributed by atoms with Crippen LogP contribution < -0.4 is 10.6 Å². The van der Waals surface area contributed by atoms with Gasteiger partial charge in [-0.15, -0.1) is 0 Å². The second-order valence-electron chi connectivity index (χ2n) is 2.82. The number of nitrogens with zero attached hydrogens (tertiary/aromatic N) is 1. The van der Waals surface area contributed by atoms with Gasteiger partial charge in [0.15, 0.2) is 0 Å². The molecule has 14 heavy (non-hydrogen) atoms. The third-order valence-corrected chi connectivity index (χ3v) is 1.72. The number of carbonyl (C=O) groups is 1. The second kappa shape index (κ2) is 5.21. The maximum atomic E-state index is 11.4. The van der Waals surface area contributed by atoms with Crippen molar-refractivity contribution in [3.63, 3.8) is 0 Å². The van der Waals surface area contributed by atoms with E-state index in [1.807, 2.05) is 13.8 Å². The highest BCUT2D eigenvalue weighted by Gasteiger charge is 2.04. The Balaban J connectivity index is 2.77. The molecular weight excluding hydrogens is 178 g/mol. The number of hydrogen-bond acceptors (Lipinski definition) is 3. The molecule has 1 amide bonds. The molecule has 0 aliphatic heterocycles. The van der Waals surface area contributed by atoms with Crippen molar-refractivity contribution in [2.45, 2.75) is 13.8 Å². The van der Waals surface area contributed by atoms with Crippen molar-refractivity contribution < 1.29 is 4.79 Å². The van der Waals surface area contributed by atoms with Gasteiger partial charge in [-0.05, 0) is 26.0 Å². The van der Waals surface area contributed by atoms with Crippen molar-refractivity contribution >= 4 is 11.7 Å². The number of hydrogen-bond donors (Lipinski definition) is 2. The molecular formula is C10H15N3O. The monoisotopic (exact) mass is 193 g/mol. The minimum Gasteiger partial charge on any atom is -0.370 e. The van der Waals surface area contributed by atoms with E-state index in [0.717, 1.165) is 12.4 Å². The lowest BCUT2D eigenvalue weighted by atomic mass is 10.2. The molecule has 76 valence electrons. The lowest BCUT2D eigenvalue weighted by Crippen LogP contribution is -2.22. The van der Waals surface area contributed by atoms with E-state index in [0.29, 0.717) is 12.1 Å². The van der Waals surface area contributed by atoms with Gasteiger partial charge >= 0.3 is 0 Å². The Hall–Kier alpha value is -1.58. The van der Waals surface area contributed by atoms with Crippen LogP contribution in [0.4, 0.5) is 5.82 Å². The van der Waals surface area contributed by atoms with E-state index in [4.69, 9.17) is 0 Å². The fraction of sp³-hybridized carbons (Fsp3) is 0.400. The van der Waals surface area contributed by atoms with Crippen molar-refractivity contribution in [1.29, 1.82) is 0 Å². The minimum absolute atomic E-state index is 0.0611. The molecule has 0 aliphatic rings. The first-order valence-electron chi connectivity index (χ1n) is 4.76. The summed E-state index contributed by atoms with van der Waals surface area (Å²) in [6.45, 7) is 5.31. The molecule has 1 rings (SSSR count). The summed E-state index contributed by atoms with van der Waals surface area (Å²) in [5.41, 5.74) is 0.637. The predicted molar refractivity (Wildman–Crippen MR) is 56.4 cm³/mol.